The zero-order chi connectivity index (χ0) is 18.4. The van der Waals surface area contributed by atoms with Crippen LogP contribution in [-0.2, 0) is 11.2 Å². The third-order valence-electron chi connectivity index (χ3n) is 4.59. The van der Waals surface area contributed by atoms with E-state index in [1.54, 1.807) is 20.3 Å². The number of anilines is 1. The Morgan fingerprint density at radius 1 is 1.00 bits per heavy atom. The van der Waals surface area contributed by atoms with Gasteiger partial charge in [-0.25, -0.2) is 0 Å². The van der Waals surface area contributed by atoms with E-state index in [-0.39, 0.29) is 12.3 Å². The van der Waals surface area contributed by atoms with E-state index in [0.717, 1.165) is 29.8 Å². The Hall–Kier alpha value is -2.69. The van der Waals surface area contributed by atoms with Gasteiger partial charge in [0.1, 0.15) is 17.2 Å². The van der Waals surface area contributed by atoms with Crippen molar-refractivity contribution in [1.29, 1.82) is 0 Å². The normalized spacial score (nSPS) is 14.1. The molecule has 0 spiro atoms. The standard InChI is InChI=1S/C21H25NO4/c1-24-19-10-7-15(20(14-19)25-2)13-21(23)22-16-8-11-18(12-9-16)26-17-5-3-4-6-17/h7-12,14,17H,3-6,13H2,1-2H3,(H,22,23). The Labute approximate surface area is 154 Å². The van der Waals surface area contributed by atoms with Crippen molar-refractivity contribution in [3.05, 3.63) is 48.0 Å². The fraction of sp³-hybridized carbons (Fsp3) is 0.381. The van der Waals surface area contributed by atoms with Crippen LogP contribution in [0.3, 0.4) is 0 Å². The smallest absolute Gasteiger partial charge is 0.228 e. The summed E-state index contributed by atoms with van der Waals surface area (Å²) in [5, 5.41) is 2.91. The number of carbonyl (C=O) groups excluding carboxylic acids is 1. The topological polar surface area (TPSA) is 56.8 Å². The Morgan fingerprint density at radius 3 is 2.35 bits per heavy atom. The number of carbonyl (C=O) groups is 1. The molecule has 0 radical (unpaired) electrons. The minimum atomic E-state index is -0.0991. The number of hydrogen-bond acceptors (Lipinski definition) is 4. The average Bonchev–Trinajstić information content (AvgIpc) is 3.16. The van der Waals surface area contributed by atoms with Crippen LogP contribution in [0.4, 0.5) is 5.69 Å². The molecule has 0 bridgehead atoms. The molecule has 1 aliphatic rings. The van der Waals surface area contributed by atoms with Gasteiger partial charge in [-0.15, -0.1) is 0 Å². The fourth-order valence-corrected chi connectivity index (χ4v) is 3.19. The summed E-state index contributed by atoms with van der Waals surface area (Å²) in [6, 6.07) is 13.0. The summed E-state index contributed by atoms with van der Waals surface area (Å²) < 4.78 is 16.5. The average molecular weight is 355 g/mol. The molecule has 1 saturated carbocycles. The minimum Gasteiger partial charge on any atom is -0.497 e. The number of rotatable bonds is 7. The Kier molecular flexibility index (Phi) is 6.00. The lowest BCUT2D eigenvalue weighted by molar-refractivity contribution is -0.115. The maximum Gasteiger partial charge on any atom is 0.228 e. The zero-order valence-electron chi connectivity index (χ0n) is 15.3. The monoisotopic (exact) mass is 355 g/mol. The van der Waals surface area contributed by atoms with Gasteiger partial charge in [-0.1, -0.05) is 6.07 Å². The van der Waals surface area contributed by atoms with Crippen LogP contribution in [0, 0.1) is 0 Å². The Morgan fingerprint density at radius 2 is 1.69 bits per heavy atom. The lowest BCUT2D eigenvalue weighted by Gasteiger charge is -2.14. The van der Waals surface area contributed by atoms with Gasteiger partial charge in [0.05, 0.1) is 26.7 Å². The first-order valence-corrected chi connectivity index (χ1v) is 8.95. The Bertz CT molecular complexity index is 736. The Balaban J connectivity index is 1.57. The van der Waals surface area contributed by atoms with E-state index >= 15 is 0 Å². The van der Waals surface area contributed by atoms with Gasteiger partial charge in [-0.3, -0.25) is 4.79 Å². The first-order valence-electron chi connectivity index (χ1n) is 8.95. The molecule has 0 unspecified atom stereocenters. The van der Waals surface area contributed by atoms with Crippen LogP contribution in [0.5, 0.6) is 17.2 Å². The van der Waals surface area contributed by atoms with E-state index in [0.29, 0.717) is 17.6 Å². The second-order valence-corrected chi connectivity index (χ2v) is 6.45. The summed E-state index contributed by atoms with van der Waals surface area (Å²) in [5.41, 5.74) is 1.56. The highest BCUT2D eigenvalue weighted by atomic mass is 16.5. The van der Waals surface area contributed by atoms with Crippen molar-refractivity contribution in [2.75, 3.05) is 19.5 Å². The van der Waals surface area contributed by atoms with Gasteiger partial charge in [0.2, 0.25) is 5.91 Å². The first kappa shape index (κ1) is 18.1. The summed E-state index contributed by atoms with van der Waals surface area (Å²) in [6.07, 6.45) is 5.30. The van der Waals surface area contributed by atoms with Gasteiger partial charge in [0.25, 0.3) is 0 Å². The highest BCUT2D eigenvalue weighted by Gasteiger charge is 2.16. The summed E-state index contributed by atoms with van der Waals surface area (Å²) >= 11 is 0. The molecule has 138 valence electrons. The van der Waals surface area contributed by atoms with E-state index in [2.05, 4.69) is 5.32 Å². The third kappa shape index (κ3) is 4.69. The lowest BCUT2D eigenvalue weighted by Crippen LogP contribution is -2.15. The van der Waals surface area contributed by atoms with Gasteiger partial charge in [0, 0.05) is 17.3 Å². The number of methoxy groups -OCH3 is 2. The quantitative estimate of drug-likeness (QED) is 0.808. The van der Waals surface area contributed by atoms with E-state index in [1.807, 2.05) is 36.4 Å². The number of hydrogen-bond donors (Lipinski definition) is 1. The molecule has 5 nitrogen and oxygen atoms in total. The number of ether oxygens (including phenoxy) is 3. The molecule has 2 aromatic rings. The molecule has 0 heterocycles. The van der Waals surface area contributed by atoms with Gasteiger partial charge < -0.3 is 19.5 Å². The summed E-state index contributed by atoms with van der Waals surface area (Å²) in [5.74, 6) is 2.09. The predicted octanol–water partition coefficient (Wildman–Crippen LogP) is 4.21. The number of benzene rings is 2. The van der Waals surface area contributed by atoms with Crippen LogP contribution >= 0.6 is 0 Å². The van der Waals surface area contributed by atoms with Crippen molar-refractivity contribution in [1.82, 2.24) is 0 Å². The second kappa shape index (κ2) is 8.61. The van der Waals surface area contributed by atoms with Crippen LogP contribution < -0.4 is 19.5 Å². The van der Waals surface area contributed by atoms with Crippen molar-refractivity contribution >= 4 is 11.6 Å². The zero-order valence-corrected chi connectivity index (χ0v) is 15.3. The van der Waals surface area contributed by atoms with Crippen molar-refractivity contribution in [3.8, 4) is 17.2 Å². The summed E-state index contributed by atoms with van der Waals surface area (Å²) in [6.45, 7) is 0. The largest absolute Gasteiger partial charge is 0.497 e. The highest BCUT2D eigenvalue weighted by Crippen LogP contribution is 2.26. The second-order valence-electron chi connectivity index (χ2n) is 6.45. The van der Waals surface area contributed by atoms with E-state index in [1.165, 1.54) is 12.8 Å². The van der Waals surface area contributed by atoms with Gasteiger partial charge in [0.15, 0.2) is 0 Å². The SMILES string of the molecule is COc1ccc(CC(=O)Nc2ccc(OC3CCCC3)cc2)c(OC)c1. The van der Waals surface area contributed by atoms with Crippen molar-refractivity contribution < 1.29 is 19.0 Å². The highest BCUT2D eigenvalue weighted by molar-refractivity contribution is 5.92. The molecular formula is C21H25NO4. The molecular weight excluding hydrogens is 330 g/mol. The molecule has 0 saturated heterocycles. The van der Waals surface area contributed by atoms with Crippen LogP contribution in [0.1, 0.15) is 31.2 Å². The van der Waals surface area contributed by atoms with Crippen molar-refractivity contribution in [2.24, 2.45) is 0 Å². The van der Waals surface area contributed by atoms with Crippen LogP contribution in [0.25, 0.3) is 0 Å². The molecule has 2 aromatic carbocycles. The molecule has 3 rings (SSSR count). The summed E-state index contributed by atoms with van der Waals surface area (Å²) in [7, 11) is 3.18. The van der Waals surface area contributed by atoms with E-state index < -0.39 is 0 Å². The van der Waals surface area contributed by atoms with Crippen LogP contribution in [-0.4, -0.2) is 26.2 Å². The van der Waals surface area contributed by atoms with Gasteiger partial charge in [-0.05, 0) is 56.0 Å². The number of amides is 1. The van der Waals surface area contributed by atoms with Crippen LogP contribution in [0.2, 0.25) is 0 Å². The molecule has 1 N–H and O–H groups in total. The maximum atomic E-state index is 12.3. The van der Waals surface area contributed by atoms with Crippen molar-refractivity contribution in [3.63, 3.8) is 0 Å². The third-order valence-corrected chi connectivity index (χ3v) is 4.59. The van der Waals surface area contributed by atoms with Gasteiger partial charge in [-0.2, -0.15) is 0 Å². The maximum absolute atomic E-state index is 12.3. The first-order chi connectivity index (χ1) is 12.7. The van der Waals surface area contributed by atoms with Crippen LogP contribution in [0.15, 0.2) is 42.5 Å². The molecule has 0 aromatic heterocycles. The van der Waals surface area contributed by atoms with Gasteiger partial charge >= 0.3 is 0 Å². The van der Waals surface area contributed by atoms with Crippen molar-refractivity contribution in [2.45, 2.75) is 38.2 Å². The minimum absolute atomic E-state index is 0.0991. The molecule has 1 fully saturated rings. The molecule has 26 heavy (non-hydrogen) atoms. The molecule has 1 amide bonds. The molecule has 0 aliphatic heterocycles. The fourth-order valence-electron chi connectivity index (χ4n) is 3.19. The van der Waals surface area contributed by atoms with E-state index in [4.69, 9.17) is 14.2 Å². The predicted molar refractivity (Wildman–Crippen MR) is 101 cm³/mol. The molecule has 1 aliphatic carbocycles. The lowest BCUT2D eigenvalue weighted by atomic mass is 10.1. The number of nitrogens with one attached hydrogen (secondary N) is 1. The summed E-state index contributed by atoms with van der Waals surface area (Å²) in [4.78, 5) is 12.3. The molecule has 0 atom stereocenters. The molecule has 5 heteroatoms. The van der Waals surface area contributed by atoms with E-state index in [9.17, 15) is 4.79 Å².